The van der Waals surface area contributed by atoms with Gasteiger partial charge in [-0.05, 0) is 37.6 Å². The number of aromatic nitrogens is 2. The number of benzene rings is 1. The molecule has 1 heterocycles. The Balaban J connectivity index is 1.64. The SMILES string of the molecule is Cc1cn(CCCNCc2cccc(Cl)c2)cn1. The Morgan fingerprint density at radius 3 is 3.00 bits per heavy atom. The van der Waals surface area contributed by atoms with Crippen molar-refractivity contribution in [2.45, 2.75) is 26.4 Å². The molecule has 0 saturated carbocycles. The van der Waals surface area contributed by atoms with Crippen molar-refractivity contribution >= 4 is 11.6 Å². The first kappa shape index (κ1) is 13.1. The van der Waals surface area contributed by atoms with Gasteiger partial charge in [-0.2, -0.15) is 0 Å². The van der Waals surface area contributed by atoms with E-state index < -0.39 is 0 Å². The second kappa shape index (κ2) is 6.57. The quantitative estimate of drug-likeness (QED) is 0.812. The van der Waals surface area contributed by atoms with Crippen LogP contribution in [-0.4, -0.2) is 16.1 Å². The fourth-order valence-electron chi connectivity index (χ4n) is 1.86. The summed E-state index contributed by atoms with van der Waals surface area (Å²) in [5.41, 5.74) is 2.29. The van der Waals surface area contributed by atoms with Gasteiger partial charge in [-0.1, -0.05) is 23.7 Å². The summed E-state index contributed by atoms with van der Waals surface area (Å²) >= 11 is 5.93. The largest absolute Gasteiger partial charge is 0.337 e. The Kier molecular flexibility index (Phi) is 4.79. The van der Waals surface area contributed by atoms with Gasteiger partial charge in [0.05, 0.1) is 12.0 Å². The summed E-state index contributed by atoms with van der Waals surface area (Å²) < 4.78 is 2.12. The summed E-state index contributed by atoms with van der Waals surface area (Å²) in [7, 11) is 0. The zero-order chi connectivity index (χ0) is 12.8. The molecule has 3 nitrogen and oxygen atoms in total. The highest BCUT2D eigenvalue weighted by Crippen LogP contribution is 2.10. The number of nitrogens with zero attached hydrogens (tertiary/aromatic N) is 2. The first-order chi connectivity index (χ1) is 8.74. The van der Waals surface area contributed by atoms with E-state index in [1.807, 2.05) is 31.5 Å². The summed E-state index contributed by atoms with van der Waals surface area (Å²) in [5.74, 6) is 0. The molecule has 0 aliphatic rings. The minimum atomic E-state index is 0.795. The maximum Gasteiger partial charge on any atom is 0.0949 e. The molecule has 0 spiro atoms. The summed E-state index contributed by atoms with van der Waals surface area (Å²) in [5, 5.41) is 4.21. The van der Waals surface area contributed by atoms with E-state index in [0.29, 0.717) is 0 Å². The molecule has 1 aromatic heterocycles. The average molecular weight is 264 g/mol. The van der Waals surface area contributed by atoms with Gasteiger partial charge in [0.25, 0.3) is 0 Å². The third-order valence-electron chi connectivity index (χ3n) is 2.75. The van der Waals surface area contributed by atoms with Crippen molar-refractivity contribution in [1.82, 2.24) is 14.9 Å². The van der Waals surface area contributed by atoms with Crippen molar-refractivity contribution in [2.75, 3.05) is 6.54 Å². The van der Waals surface area contributed by atoms with Gasteiger partial charge in [0.1, 0.15) is 0 Å². The van der Waals surface area contributed by atoms with Crippen molar-refractivity contribution in [1.29, 1.82) is 0 Å². The number of aryl methyl sites for hydroxylation is 2. The topological polar surface area (TPSA) is 29.9 Å². The van der Waals surface area contributed by atoms with Gasteiger partial charge in [-0.3, -0.25) is 0 Å². The first-order valence-corrected chi connectivity index (χ1v) is 6.55. The smallest absolute Gasteiger partial charge is 0.0949 e. The van der Waals surface area contributed by atoms with Gasteiger partial charge in [0.2, 0.25) is 0 Å². The van der Waals surface area contributed by atoms with Gasteiger partial charge in [-0.15, -0.1) is 0 Å². The van der Waals surface area contributed by atoms with Crippen molar-refractivity contribution in [3.8, 4) is 0 Å². The van der Waals surface area contributed by atoms with Gasteiger partial charge >= 0.3 is 0 Å². The summed E-state index contributed by atoms with van der Waals surface area (Å²) in [4.78, 5) is 4.20. The molecule has 96 valence electrons. The lowest BCUT2D eigenvalue weighted by Crippen LogP contribution is -2.16. The minimum absolute atomic E-state index is 0.795. The van der Waals surface area contributed by atoms with E-state index in [1.165, 1.54) is 5.56 Å². The molecule has 1 N–H and O–H groups in total. The summed E-state index contributed by atoms with van der Waals surface area (Å²) in [6, 6.07) is 7.95. The molecule has 0 atom stereocenters. The molecule has 0 radical (unpaired) electrons. The van der Waals surface area contributed by atoms with Crippen molar-refractivity contribution in [3.05, 3.63) is 53.1 Å². The molecule has 18 heavy (non-hydrogen) atoms. The van der Waals surface area contributed by atoms with Gasteiger partial charge in [0.15, 0.2) is 0 Å². The molecular formula is C14H18ClN3. The number of imidazole rings is 1. The van der Waals surface area contributed by atoms with Crippen LogP contribution in [0, 0.1) is 6.92 Å². The average Bonchev–Trinajstić information content (AvgIpc) is 2.75. The van der Waals surface area contributed by atoms with Crippen LogP contribution in [0.3, 0.4) is 0 Å². The van der Waals surface area contributed by atoms with Crippen LogP contribution in [0.4, 0.5) is 0 Å². The molecule has 0 saturated heterocycles. The Labute approximate surface area is 113 Å². The van der Waals surface area contributed by atoms with Crippen LogP contribution in [-0.2, 0) is 13.1 Å². The molecule has 0 aliphatic carbocycles. The normalized spacial score (nSPS) is 10.8. The van der Waals surface area contributed by atoms with E-state index in [2.05, 4.69) is 27.1 Å². The lowest BCUT2D eigenvalue weighted by Gasteiger charge is -2.05. The molecular weight excluding hydrogens is 246 g/mol. The number of rotatable bonds is 6. The van der Waals surface area contributed by atoms with Gasteiger partial charge in [-0.25, -0.2) is 4.98 Å². The Morgan fingerprint density at radius 2 is 2.28 bits per heavy atom. The molecule has 0 unspecified atom stereocenters. The Bertz CT molecular complexity index is 493. The van der Waals surface area contributed by atoms with Crippen LogP contribution in [0.2, 0.25) is 5.02 Å². The molecule has 0 amide bonds. The number of hydrogen-bond donors (Lipinski definition) is 1. The highest BCUT2D eigenvalue weighted by molar-refractivity contribution is 6.30. The van der Waals surface area contributed by atoms with Crippen molar-refractivity contribution in [2.24, 2.45) is 0 Å². The van der Waals surface area contributed by atoms with E-state index in [1.54, 1.807) is 0 Å². The first-order valence-electron chi connectivity index (χ1n) is 6.17. The van der Waals surface area contributed by atoms with Crippen LogP contribution in [0.5, 0.6) is 0 Å². The molecule has 2 rings (SSSR count). The molecule has 2 aromatic rings. The summed E-state index contributed by atoms with van der Waals surface area (Å²) in [6.45, 7) is 4.87. The van der Waals surface area contributed by atoms with E-state index >= 15 is 0 Å². The predicted molar refractivity (Wildman–Crippen MR) is 74.7 cm³/mol. The van der Waals surface area contributed by atoms with E-state index in [9.17, 15) is 0 Å². The predicted octanol–water partition coefficient (Wildman–Crippen LogP) is 3.02. The third-order valence-corrected chi connectivity index (χ3v) is 2.99. The monoisotopic (exact) mass is 263 g/mol. The van der Waals surface area contributed by atoms with E-state index in [-0.39, 0.29) is 0 Å². The fraction of sp³-hybridized carbons (Fsp3) is 0.357. The molecule has 1 aromatic carbocycles. The minimum Gasteiger partial charge on any atom is -0.337 e. The van der Waals surface area contributed by atoms with Crippen LogP contribution in [0.1, 0.15) is 17.7 Å². The van der Waals surface area contributed by atoms with Gasteiger partial charge < -0.3 is 9.88 Å². The van der Waals surface area contributed by atoms with Crippen LogP contribution >= 0.6 is 11.6 Å². The van der Waals surface area contributed by atoms with E-state index in [0.717, 1.165) is 36.8 Å². The number of hydrogen-bond acceptors (Lipinski definition) is 2. The second-order valence-electron chi connectivity index (χ2n) is 4.41. The zero-order valence-electron chi connectivity index (χ0n) is 10.6. The molecule has 0 aliphatic heterocycles. The van der Waals surface area contributed by atoms with Gasteiger partial charge in [0, 0.05) is 24.3 Å². The van der Waals surface area contributed by atoms with Crippen LogP contribution < -0.4 is 5.32 Å². The number of halogens is 1. The Morgan fingerprint density at radius 1 is 1.39 bits per heavy atom. The second-order valence-corrected chi connectivity index (χ2v) is 4.85. The number of nitrogens with one attached hydrogen (secondary N) is 1. The third kappa shape index (κ3) is 4.17. The Hall–Kier alpha value is -1.32. The molecule has 4 heteroatoms. The van der Waals surface area contributed by atoms with Crippen molar-refractivity contribution < 1.29 is 0 Å². The molecule has 0 bridgehead atoms. The molecule has 0 fully saturated rings. The van der Waals surface area contributed by atoms with Crippen LogP contribution in [0.25, 0.3) is 0 Å². The fourth-order valence-corrected chi connectivity index (χ4v) is 2.07. The highest BCUT2D eigenvalue weighted by atomic mass is 35.5. The van der Waals surface area contributed by atoms with E-state index in [4.69, 9.17) is 11.6 Å². The highest BCUT2D eigenvalue weighted by Gasteiger charge is 1.95. The summed E-state index contributed by atoms with van der Waals surface area (Å²) in [6.07, 6.45) is 5.04. The van der Waals surface area contributed by atoms with Crippen molar-refractivity contribution in [3.63, 3.8) is 0 Å². The standard InChI is InChI=1S/C14H18ClN3/c1-12-10-18(11-17-12)7-3-6-16-9-13-4-2-5-14(15)8-13/h2,4-5,8,10-11,16H,3,6-7,9H2,1H3. The lowest BCUT2D eigenvalue weighted by molar-refractivity contribution is 0.580. The maximum absolute atomic E-state index is 5.93. The maximum atomic E-state index is 5.93. The van der Waals surface area contributed by atoms with Crippen LogP contribution in [0.15, 0.2) is 36.8 Å². The lowest BCUT2D eigenvalue weighted by atomic mass is 10.2. The zero-order valence-corrected chi connectivity index (χ0v) is 11.3.